The highest BCUT2D eigenvalue weighted by molar-refractivity contribution is 7.81. The fourth-order valence-electron chi connectivity index (χ4n) is 2.27. The van der Waals surface area contributed by atoms with Crippen molar-refractivity contribution in [3.8, 4) is 0 Å². The van der Waals surface area contributed by atoms with Crippen molar-refractivity contribution in [3.63, 3.8) is 0 Å². The van der Waals surface area contributed by atoms with Gasteiger partial charge in [0, 0.05) is 10.8 Å². The molecule has 0 rings (SSSR count). The van der Waals surface area contributed by atoms with E-state index in [0.717, 1.165) is 6.42 Å². The van der Waals surface area contributed by atoms with Crippen LogP contribution in [0.1, 0.15) is 78.1 Å². The number of hydrogen-bond acceptors (Lipinski definition) is 3. The van der Waals surface area contributed by atoms with E-state index in [4.69, 9.17) is 0 Å². The molecule has 20 heavy (non-hydrogen) atoms. The van der Waals surface area contributed by atoms with Gasteiger partial charge in [0.1, 0.15) is 0 Å². The zero-order valence-corrected chi connectivity index (χ0v) is 14.4. The number of carbonyl (C=O) groups excluding carboxylic acids is 1. The van der Waals surface area contributed by atoms with Gasteiger partial charge in [-0.25, -0.2) is 4.79 Å². The molecular formula is C17H32O2S. The Hall–Kier alpha value is -0.440. The van der Waals surface area contributed by atoms with E-state index in [1.165, 1.54) is 64.9 Å². The van der Waals surface area contributed by atoms with Crippen molar-refractivity contribution in [3.05, 3.63) is 11.6 Å². The molecule has 0 amide bonds. The third-order valence-electron chi connectivity index (χ3n) is 3.55. The number of thiol groups is 1. The maximum absolute atomic E-state index is 11.2. The number of esters is 1. The summed E-state index contributed by atoms with van der Waals surface area (Å²) in [6, 6.07) is 0. The molecule has 1 unspecified atom stereocenters. The minimum absolute atomic E-state index is 0.165. The first kappa shape index (κ1) is 19.6. The highest BCUT2D eigenvalue weighted by atomic mass is 32.1. The van der Waals surface area contributed by atoms with Crippen LogP contribution in [0, 0.1) is 0 Å². The van der Waals surface area contributed by atoms with Crippen molar-refractivity contribution in [2.24, 2.45) is 0 Å². The van der Waals surface area contributed by atoms with Crippen LogP contribution in [0.2, 0.25) is 0 Å². The van der Waals surface area contributed by atoms with Crippen LogP contribution in [0.4, 0.5) is 0 Å². The van der Waals surface area contributed by atoms with Gasteiger partial charge in [0.25, 0.3) is 0 Å². The number of carbonyl (C=O) groups is 1. The minimum Gasteiger partial charge on any atom is -0.466 e. The first-order valence-electron chi connectivity index (χ1n) is 8.06. The molecule has 0 spiro atoms. The van der Waals surface area contributed by atoms with Crippen molar-refractivity contribution in [2.75, 3.05) is 7.11 Å². The van der Waals surface area contributed by atoms with Crippen LogP contribution in [0.5, 0.6) is 0 Å². The normalized spacial score (nSPS) is 13.3. The van der Waals surface area contributed by atoms with E-state index in [2.05, 4.69) is 24.3 Å². The van der Waals surface area contributed by atoms with Crippen LogP contribution in [0.3, 0.4) is 0 Å². The van der Waals surface area contributed by atoms with E-state index < -0.39 is 0 Å². The molecule has 0 saturated carbocycles. The predicted octanol–water partition coefficient (Wildman–Crippen LogP) is 5.33. The summed E-state index contributed by atoms with van der Waals surface area (Å²) in [4.78, 5) is 11.2. The molecule has 118 valence electrons. The van der Waals surface area contributed by atoms with Crippen LogP contribution in [-0.2, 0) is 9.53 Å². The van der Waals surface area contributed by atoms with E-state index in [0.29, 0.717) is 5.57 Å². The molecule has 0 bridgehead atoms. The number of ether oxygens (including phenoxy) is 1. The lowest BCUT2D eigenvalue weighted by atomic mass is 10.1. The second kappa shape index (κ2) is 13.5. The molecule has 1 atom stereocenters. The van der Waals surface area contributed by atoms with E-state index in [1.54, 1.807) is 6.92 Å². The lowest BCUT2D eigenvalue weighted by Crippen LogP contribution is -2.05. The molecule has 0 aromatic carbocycles. The summed E-state index contributed by atoms with van der Waals surface area (Å²) in [6.45, 7) is 4.04. The summed E-state index contributed by atoms with van der Waals surface area (Å²) in [5.41, 5.74) is 0.656. The smallest absolute Gasteiger partial charge is 0.333 e. The largest absolute Gasteiger partial charge is 0.466 e. The van der Waals surface area contributed by atoms with Crippen molar-refractivity contribution < 1.29 is 9.53 Å². The van der Waals surface area contributed by atoms with Gasteiger partial charge in [-0.05, 0) is 13.3 Å². The Balaban J connectivity index is 3.48. The van der Waals surface area contributed by atoms with Gasteiger partial charge in [-0.2, -0.15) is 12.6 Å². The predicted molar refractivity (Wildman–Crippen MR) is 90.4 cm³/mol. The van der Waals surface area contributed by atoms with Gasteiger partial charge >= 0.3 is 5.97 Å². The Bertz CT molecular complexity index is 274. The summed E-state index contributed by atoms with van der Waals surface area (Å²) in [5, 5.41) is 0.165. The molecule has 0 aromatic rings. The molecule has 0 fully saturated rings. The van der Waals surface area contributed by atoms with Crippen LogP contribution in [0.25, 0.3) is 0 Å². The zero-order valence-electron chi connectivity index (χ0n) is 13.5. The van der Waals surface area contributed by atoms with Crippen molar-refractivity contribution in [1.82, 2.24) is 0 Å². The second-order valence-corrected chi connectivity index (χ2v) is 6.19. The molecule has 0 aliphatic rings. The average Bonchev–Trinajstić information content (AvgIpc) is 2.44. The zero-order chi connectivity index (χ0) is 15.2. The molecule has 0 N–H and O–H groups in total. The monoisotopic (exact) mass is 300 g/mol. The van der Waals surface area contributed by atoms with E-state index in [9.17, 15) is 4.79 Å². The van der Waals surface area contributed by atoms with Crippen molar-refractivity contribution in [1.29, 1.82) is 0 Å². The third-order valence-corrected chi connectivity index (χ3v) is 3.96. The first-order valence-corrected chi connectivity index (χ1v) is 8.58. The maximum atomic E-state index is 11.2. The van der Waals surface area contributed by atoms with Crippen molar-refractivity contribution in [2.45, 2.75) is 83.3 Å². The Morgan fingerprint density at radius 2 is 1.55 bits per heavy atom. The number of hydrogen-bond donors (Lipinski definition) is 1. The van der Waals surface area contributed by atoms with Gasteiger partial charge in [0.15, 0.2) is 0 Å². The fourth-order valence-corrected chi connectivity index (χ4v) is 2.67. The van der Waals surface area contributed by atoms with Crippen LogP contribution < -0.4 is 0 Å². The summed E-state index contributed by atoms with van der Waals surface area (Å²) in [6.07, 6.45) is 15.0. The average molecular weight is 301 g/mol. The summed E-state index contributed by atoms with van der Waals surface area (Å²) in [7, 11) is 1.41. The lowest BCUT2D eigenvalue weighted by Gasteiger charge is -2.07. The van der Waals surface area contributed by atoms with Crippen LogP contribution >= 0.6 is 12.6 Å². The first-order chi connectivity index (χ1) is 9.61. The van der Waals surface area contributed by atoms with Gasteiger partial charge in [-0.1, -0.05) is 70.8 Å². The highest BCUT2D eigenvalue weighted by Gasteiger charge is 2.06. The van der Waals surface area contributed by atoms with E-state index >= 15 is 0 Å². The topological polar surface area (TPSA) is 26.3 Å². The number of unbranched alkanes of at least 4 members (excludes halogenated alkanes) is 8. The molecule has 0 heterocycles. The molecule has 0 radical (unpaired) electrons. The molecule has 2 nitrogen and oxygen atoms in total. The highest BCUT2D eigenvalue weighted by Crippen LogP contribution is 2.15. The lowest BCUT2D eigenvalue weighted by molar-refractivity contribution is -0.136. The summed E-state index contributed by atoms with van der Waals surface area (Å²) >= 11 is 4.50. The second-order valence-electron chi connectivity index (χ2n) is 5.53. The Labute approximate surface area is 130 Å². The molecule has 0 aliphatic heterocycles. The van der Waals surface area contributed by atoms with Gasteiger partial charge in [0.05, 0.1) is 7.11 Å². The number of rotatable bonds is 12. The van der Waals surface area contributed by atoms with Gasteiger partial charge in [-0.3, -0.25) is 0 Å². The Morgan fingerprint density at radius 3 is 2.05 bits per heavy atom. The molecular weight excluding hydrogens is 268 g/mol. The van der Waals surface area contributed by atoms with Gasteiger partial charge in [-0.15, -0.1) is 0 Å². The fraction of sp³-hybridized carbons (Fsp3) is 0.824. The third kappa shape index (κ3) is 11.4. The minimum atomic E-state index is -0.254. The van der Waals surface area contributed by atoms with Gasteiger partial charge in [0.2, 0.25) is 0 Å². The summed E-state index contributed by atoms with van der Waals surface area (Å²) < 4.78 is 4.67. The Kier molecular flexibility index (Phi) is 13.2. The quantitative estimate of drug-likeness (QED) is 0.228. The Morgan fingerprint density at radius 1 is 1.05 bits per heavy atom. The van der Waals surface area contributed by atoms with Crippen LogP contribution in [-0.4, -0.2) is 18.3 Å². The molecule has 3 heteroatoms. The van der Waals surface area contributed by atoms with Crippen molar-refractivity contribution >= 4 is 18.6 Å². The SMILES string of the molecule is CCCCCCCCCCCC(S)C=C(C)C(=O)OC. The molecule has 0 aliphatic carbocycles. The maximum Gasteiger partial charge on any atom is 0.333 e. The standard InChI is InChI=1S/C17H32O2S/c1-4-5-6-7-8-9-10-11-12-13-16(20)14-15(2)17(18)19-3/h14,16,20H,4-13H2,1-3H3. The molecule has 0 saturated heterocycles. The van der Waals surface area contributed by atoms with E-state index in [-0.39, 0.29) is 11.2 Å². The number of methoxy groups -OCH3 is 1. The van der Waals surface area contributed by atoms with Gasteiger partial charge < -0.3 is 4.74 Å². The van der Waals surface area contributed by atoms with E-state index in [1.807, 2.05) is 6.08 Å². The van der Waals surface area contributed by atoms with Crippen LogP contribution in [0.15, 0.2) is 11.6 Å². The molecule has 0 aromatic heterocycles. The summed E-state index contributed by atoms with van der Waals surface area (Å²) in [5.74, 6) is -0.254.